The lowest BCUT2D eigenvalue weighted by Crippen LogP contribution is -2.42. The zero-order valence-corrected chi connectivity index (χ0v) is 13.5. The predicted molar refractivity (Wildman–Crippen MR) is 84.6 cm³/mol. The van der Waals surface area contributed by atoms with Crippen LogP contribution in [-0.2, 0) is 27.2 Å². The number of nitrogens with zero attached hydrogens (tertiary/aromatic N) is 1. The number of rotatable bonds is 5. The van der Waals surface area contributed by atoms with Crippen molar-refractivity contribution in [1.82, 2.24) is 10.2 Å². The van der Waals surface area contributed by atoms with E-state index in [2.05, 4.69) is 5.32 Å². The van der Waals surface area contributed by atoms with Gasteiger partial charge in [-0.1, -0.05) is 6.07 Å². The molecule has 1 atom stereocenters. The van der Waals surface area contributed by atoms with E-state index in [-0.39, 0.29) is 13.2 Å². The molecule has 1 fully saturated rings. The van der Waals surface area contributed by atoms with Gasteiger partial charge in [0.1, 0.15) is 5.75 Å². The molecule has 1 saturated heterocycles. The van der Waals surface area contributed by atoms with Gasteiger partial charge in [-0.15, -0.1) is 0 Å². The number of carbonyl (C=O) groups is 3. The first-order valence-electron chi connectivity index (χ1n) is 8.08. The maximum atomic E-state index is 12.0. The Balaban J connectivity index is 1.48. The zero-order chi connectivity index (χ0) is 17.1. The summed E-state index contributed by atoms with van der Waals surface area (Å²) >= 11 is 0. The lowest BCUT2D eigenvalue weighted by Gasteiger charge is -2.18. The molecule has 1 heterocycles. The molecule has 1 N–H and O–H groups in total. The Bertz CT molecular complexity index is 673. The van der Waals surface area contributed by atoms with E-state index < -0.39 is 24.0 Å². The normalized spacial score (nSPS) is 17.2. The van der Waals surface area contributed by atoms with Gasteiger partial charge >= 0.3 is 12.0 Å². The summed E-state index contributed by atoms with van der Waals surface area (Å²) < 4.78 is 10.5. The average Bonchev–Trinajstić information content (AvgIpc) is 3.20. The first kappa shape index (κ1) is 16.3. The molecule has 2 aliphatic rings. The van der Waals surface area contributed by atoms with Gasteiger partial charge in [0.15, 0.2) is 12.7 Å². The number of hydrogen-bond acceptors (Lipinski definition) is 5. The minimum absolute atomic E-state index is 0.275. The van der Waals surface area contributed by atoms with E-state index in [4.69, 9.17) is 9.47 Å². The third kappa shape index (κ3) is 3.50. The van der Waals surface area contributed by atoms with E-state index in [9.17, 15) is 14.4 Å². The van der Waals surface area contributed by atoms with Crippen molar-refractivity contribution >= 4 is 17.9 Å². The van der Waals surface area contributed by atoms with Crippen LogP contribution in [0.5, 0.6) is 5.75 Å². The maximum Gasteiger partial charge on any atom is 0.344 e. The smallest absolute Gasteiger partial charge is 0.344 e. The number of urea groups is 1. The van der Waals surface area contributed by atoms with Crippen LogP contribution in [0.1, 0.15) is 24.5 Å². The molecule has 0 radical (unpaired) electrons. The standard InChI is InChI=1S/C17H20N2O5/c1-11(16(21)19-8-7-18-17(19)22)24-15(20)10-23-14-6-5-12-3-2-4-13(12)9-14/h5-6,9,11H,2-4,7-8,10H2,1H3,(H,18,22)/t11-/m1/s1. The van der Waals surface area contributed by atoms with Gasteiger partial charge in [-0.2, -0.15) is 0 Å². The molecule has 0 unspecified atom stereocenters. The third-order valence-electron chi connectivity index (χ3n) is 4.21. The molecule has 24 heavy (non-hydrogen) atoms. The summed E-state index contributed by atoms with van der Waals surface area (Å²) in [7, 11) is 0. The molecule has 0 spiro atoms. The van der Waals surface area contributed by atoms with Crippen LogP contribution in [0.2, 0.25) is 0 Å². The molecule has 3 rings (SSSR count). The van der Waals surface area contributed by atoms with Gasteiger partial charge in [-0.25, -0.2) is 9.59 Å². The molecule has 7 nitrogen and oxygen atoms in total. The van der Waals surface area contributed by atoms with Crippen LogP contribution in [-0.4, -0.2) is 48.6 Å². The molecule has 1 aliphatic carbocycles. The van der Waals surface area contributed by atoms with E-state index in [1.807, 2.05) is 18.2 Å². The molecule has 1 aliphatic heterocycles. The first-order chi connectivity index (χ1) is 11.5. The lowest BCUT2D eigenvalue weighted by atomic mass is 10.1. The van der Waals surface area contributed by atoms with E-state index >= 15 is 0 Å². The van der Waals surface area contributed by atoms with Crippen molar-refractivity contribution < 1.29 is 23.9 Å². The summed E-state index contributed by atoms with van der Waals surface area (Å²) in [6.45, 7) is 1.86. The van der Waals surface area contributed by atoms with Crippen molar-refractivity contribution in [2.24, 2.45) is 0 Å². The largest absolute Gasteiger partial charge is 0.482 e. The summed E-state index contributed by atoms with van der Waals surface area (Å²) in [6, 6.07) is 5.33. The van der Waals surface area contributed by atoms with Crippen molar-refractivity contribution in [3.05, 3.63) is 29.3 Å². The summed E-state index contributed by atoms with van der Waals surface area (Å²) in [6.07, 6.45) is 2.23. The predicted octanol–water partition coefficient (Wildman–Crippen LogP) is 1.04. The van der Waals surface area contributed by atoms with E-state index in [1.165, 1.54) is 18.1 Å². The van der Waals surface area contributed by atoms with Gasteiger partial charge in [-0.3, -0.25) is 9.69 Å². The molecular formula is C17H20N2O5. The molecule has 1 aromatic rings. The Labute approximate surface area is 139 Å². The molecule has 3 amide bonds. The van der Waals surface area contributed by atoms with E-state index in [1.54, 1.807) is 0 Å². The number of fused-ring (bicyclic) bond motifs is 1. The van der Waals surface area contributed by atoms with Crippen molar-refractivity contribution in [2.75, 3.05) is 19.7 Å². The van der Waals surface area contributed by atoms with E-state index in [0.717, 1.165) is 24.2 Å². The van der Waals surface area contributed by atoms with Crippen molar-refractivity contribution in [2.45, 2.75) is 32.3 Å². The molecule has 7 heteroatoms. The molecule has 128 valence electrons. The summed E-state index contributed by atoms with van der Waals surface area (Å²) in [5.41, 5.74) is 2.58. The Hall–Kier alpha value is -2.57. The van der Waals surface area contributed by atoms with Gasteiger partial charge in [0.25, 0.3) is 5.91 Å². The average molecular weight is 332 g/mol. The minimum Gasteiger partial charge on any atom is -0.482 e. The number of benzene rings is 1. The Morgan fingerprint density at radius 3 is 2.83 bits per heavy atom. The quantitative estimate of drug-likeness (QED) is 0.814. The Kier molecular flexibility index (Phi) is 4.69. The Morgan fingerprint density at radius 1 is 1.29 bits per heavy atom. The first-order valence-corrected chi connectivity index (χ1v) is 8.08. The molecule has 0 bridgehead atoms. The van der Waals surface area contributed by atoms with Crippen LogP contribution in [0.25, 0.3) is 0 Å². The minimum atomic E-state index is -1.02. The van der Waals surface area contributed by atoms with Gasteiger partial charge in [0, 0.05) is 13.1 Å². The number of ether oxygens (including phenoxy) is 2. The van der Waals surface area contributed by atoms with Crippen LogP contribution in [0.15, 0.2) is 18.2 Å². The van der Waals surface area contributed by atoms with Crippen LogP contribution < -0.4 is 10.1 Å². The zero-order valence-electron chi connectivity index (χ0n) is 13.5. The van der Waals surface area contributed by atoms with Crippen LogP contribution in [0, 0.1) is 0 Å². The SMILES string of the molecule is C[C@@H](OC(=O)COc1ccc2c(c1)CCC2)C(=O)N1CCNC1=O. The highest BCUT2D eigenvalue weighted by Crippen LogP contribution is 2.25. The number of aryl methyl sites for hydroxylation is 2. The van der Waals surface area contributed by atoms with Crippen LogP contribution >= 0.6 is 0 Å². The highest BCUT2D eigenvalue weighted by Gasteiger charge is 2.31. The lowest BCUT2D eigenvalue weighted by molar-refractivity contribution is -0.159. The van der Waals surface area contributed by atoms with Crippen molar-refractivity contribution in [3.63, 3.8) is 0 Å². The number of nitrogens with one attached hydrogen (secondary N) is 1. The highest BCUT2D eigenvalue weighted by atomic mass is 16.6. The fourth-order valence-corrected chi connectivity index (χ4v) is 2.96. The van der Waals surface area contributed by atoms with Gasteiger partial charge in [-0.05, 0) is 49.4 Å². The van der Waals surface area contributed by atoms with Crippen molar-refractivity contribution in [3.8, 4) is 5.75 Å². The molecular weight excluding hydrogens is 312 g/mol. The van der Waals surface area contributed by atoms with Crippen molar-refractivity contribution in [1.29, 1.82) is 0 Å². The monoisotopic (exact) mass is 332 g/mol. The Morgan fingerprint density at radius 2 is 2.08 bits per heavy atom. The summed E-state index contributed by atoms with van der Waals surface area (Å²) in [5.74, 6) is -0.558. The van der Waals surface area contributed by atoms with E-state index in [0.29, 0.717) is 12.3 Å². The summed E-state index contributed by atoms with van der Waals surface area (Å²) in [5, 5.41) is 2.53. The maximum absolute atomic E-state index is 12.0. The topological polar surface area (TPSA) is 84.9 Å². The number of esters is 1. The molecule has 0 saturated carbocycles. The second-order valence-electron chi connectivity index (χ2n) is 5.93. The van der Waals surface area contributed by atoms with Crippen LogP contribution in [0.4, 0.5) is 4.79 Å². The fourth-order valence-electron chi connectivity index (χ4n) is 2.96. The third-order valence-corrected chi connectivity index (χ3v) is 4.21. The summed E-state index contributed by atoms with van der Waals surface area (Å²) in [4.78, 5) is 36.4. The number of amides is 3. The number of imide groups is 1. The number of carbonyl (C=O) groups excluding carboxylic acids is 3. The highest BCUT2D eigenvalue weighted by molar-refractivity contribution is 5.98. The second-order valence-corrected chi connectivity index (χ2v) is 5.93. The number of hydrogen-bond donors (Lipinski definition) is 1. The molecule has 1 aromatic carbocycles. The fraction of sp³-hybridized carbons (Fsp3) is 0.471. The van der Waals surface area contributed by atoms with Gasteiger partial charge < -0.3 is 14.8 Å². The van der Waals surface area contributed by atoms with Gasteiger partial charge in [0.2, 0.25) is 0 Å². The van der Waals surface area contributed by atoms with Gasteiger partial charge in [0.05, 0.1) is 0 Å². The second kappa shape index (κ2) is 6.90. The molecule has 0 aromatic heterocycles. The van der Waals surface area contributed by atoms with Crippen LogP contribution in [0.3, 0.4) is 0 Å².